The van der Waals surface area contributed by atoms with E-state index >= 15 is 0 Å². The predicted molar refractivity (Wildman–Crippen MR) is 122 cm³/mol. The van der Waals surface area contributed by atoms with Crippen molar-refractivity contribution < 1.29 is 27.8 Å². The average Bonchev–Trinajstić information content (AvgIpc) is 2.82. The number of β-amino-alcohol motifs (C(OH)–C–C–N with tert-alkyl or cyclic N) is 1. The fraction of sp³-hybridized carbons (Fsp3) is 0.308. The highest BCUT2D eigenvalue weighted by atomic mass is 19.4. The van der Waals surface area contributed by atoms with Crippen molar-refractivity contribution in [2.45, 2.75) is 18.7 Å². The van der Waals surface area contributed by atoms with Gasteiger partial charge in [-0.2, -0.15) is 13.2 Å². The molecule has 3 aromatic carbocycles. The quantitative estimate of drug-likeness (QED) is 0.516. The van der Waals surface area contributed by atoms with Crippen molar-refractivity contribution in [1.29, 1.82) is 0 Å². The summed E-state index contributed by atoms with van der Waals surface area (Å²) >= 11 is 0. The first-order chi connectivity index (χ1) is 15.8. The highest BCUT2D eigenvalue weighted by Gasteiger charge is 2.31. The first-order valence-electron chi connectivity index (χ1n) is 10.7. The molecule has 1 aliphatic heterocycles. The van der Waals surface area contributed by atoms with E-state index in [1.54, 1.807) is 20.3 Å². The zero-order valence-corrected chi connectivity index (χ0v) is 18.5. The fourth-order valence-electron chi connectivity index (χ4n) is 4.38. The van der Waals surface area contributed by atoms with E-state index in [9.17, 15) is 18.3 Å². The first kappa shape index (κ1) is 23.1. The molecule has 0 saturated carbocycles. The van der Waals surface area contributed by atoms with Gasteiger partial charge in [-0.25, -0.2) is 0 Å². The Bertz CT molecular complexity index is 1170. The van der Waals surface area contributed by atoms with E-state index in [0.717, 1.165) is 22.4 Å². The highest BCUT2D eigenvalue weighted by Crippen LogP contribution is 2.41. The van der Waals surface area contributed by atoms with Gasteiger partial charge in [-0.05, 0) is 41.1 Å². The van der Waals surface area contributed by atoms with E-state index in [0.29, 0.717) is 48.7 Å². The number of nitrogens with zero attached hydrogens (tertiary/aromatic N) is 1. The second-order valence-corrected chi connectivity index (χ2v) is 8.08. The van der Waals surface area contributed by atoms with Crippen LogP contribution in [0.5, 0.6) is 11.5 Å². The summed E-state index contributed by atoms with van der Waals surface area (Å²) in [6.45, 7) is 1.50. The summed E-state index contributed by atoms with van der Waals surface area (Å²) in [7, 11) is 3.13. The van der Waals surface area contributed by atoms with Crippen LogP contribution in [0.3, 0.4) is 0 Å². The number of fused-ring (bicyclic) bond motifs is 1. The van der Waals surface area contributed by atoms with E-state index in [1.807, 2.05) is 36.4 Å². The number of aliphatic hydroxyl groups is 1. The van der Waals surface area contributed by atoms with Crippen LogP contribution in [0.4, 0.5) is 13.2 Å². The second-order valence-electron chi connectivity index (χ2n) is 8.08. The number of methoxy groups -OCH3 is 2. The van der Waals surface area contributed by atoms with E-state index < -0.39 is 17.8 Å². The van der Waals surface area contributed by atoms with Gasteiger partial charge in [0.1, 0.15) is 11.5 Å². The number of hydrogen-bond acceptors (Lipinski definition) is 4. The lowest BCUT2D eigenvalue weighted by Crippen LogP contribution is -2.32. The van der Waals surface area contributed by atoms with Crippen molar-refractivity contribution in [1.82, 2.24) is 4.90 Å². The van der Waals surface area contributed by atoms with Gasteiger partial charge in [0.15, 0.2) is 0 Å². The van der Waals surface area contributed by atoms with Gasteiger partial charge in [0.05, 0.1) is 31.5 Å². The first-order valence-corrected chi connectivity index (χ1v) is 10.7. The SMILES string of the molecule is COc1cc2ccccc2c(OC)c1C(O)CN1CC=C(c2cccc(C(F)(F)F)c2)CC1. The lowest BCUT2D eigenvalue weighted by molar-refractivity contribution is -0.137. The third kappa shape index (κ3) is 4.84. The molecule has 1 aliphatic rings. The lowest BCUT2D eigenvalue weighted by Gasteiger charge is -2.29. The normalized spacial score (nSPS) is 15.9. The maximum Gasteiger partial charge on any atom is 0.416 e. The monoisotopic (exact) mass is 457 g/mol. The Morgan fingerprint density at radius 1 is 1.03 bits per heavy atom. The van der Waals surface area contributed by atoms with Crippen LogP contribution in [0, 0.1) is 0 Å². The molecule has 0 bridgehead atoms. The van der Waals surface area contributed by atoms with Crippen LogP contribution in [-0.2, 0) is 6.18 Å². The molecule has 0 spiro atoms. The molecule has 4 rings (SSSR count). The Morgan fingerprint density at radius 2 is 1.82 bits per heavy atom. The Hall–Kier alpha value is -3.03. The van der Waals surface area contributed by atoms with Gasteiger partial charge >= 0.3 is 6.18 Å². The molecule has 3 aromatic rings. The summed E-state index contributed by atoms with van der Waals surface area (Å²) in [5.74, 6) is 1.13. The lowest BCUT2D eigenvalue weighted by atomic mass is 9.96. The summed E-state index contributed by atoms with van der Waals surface area (Å²) in [4.78, 5) is 2.07. The summed E-state index contributed by atoms with van der Waals surface area (Å²) in [6.07, 6.45) is -2.69. The molecular weight excluding hydrogens is 431 g/mol. The second kappa shape index (κ2) is 9.45. The summed E-state index contributed by atoms with van der Waals surface area (Å²) in [6, 6.07) is 15.1. The standard InChI is InChI=1S/C26H26F3NO3/c1-32-23-15-19-6-3-4-9-21(19)25(33-2)24(23)22(31)16-30-12-10-17(11-13-30)18-7-5-8-20(14-18)26(27,28)29/h3-10,14-15,22,31H,11-13,16H2,1-2H3. The molecule has 0 fully saturated rings. The Balaban J connectivity index is 1.54. The fourth-order valence-corrected chi connectivity index (χ4v) is 4.38. The number of ether oxygens (including phenoxy) is 2. The minimum absolute atomic E-state index is 0.345. The number of benzene rings is 3. The van der Waals surface area contributed by atoms with Gasteiger partial charge in [-0.1, -0.05) is 42.5 Å². The Labute approximate surface area is 190 Å². The van der Waals surface area contributed by atoms with Crippen LogP contribution >= 0.6 is 0 Å². The number of halogens is 3. The Kier molecular flexibility index (Phi) is 6.63. The molecule has 0 radical (unpaired) electrons. The largest absolute Gasteiger partial charge is 0.496 e. The minimum Gasteiger partial charge on any atom is -0.496 e. The van der Waals surface area contributed by atoms with Crippen LogP contribution in [0.25, 0.3) is 16.3 Å². The molecular formula is C26H26F3NO3. The van der Waals surface area contributed by atoms with Crippen molar-refractivity contribution in [3.8, 4) is 11.5 Å². The molecule has 0 amide bonds. The van der Waals surface area contributed by atoms with Crippen molar-refractivity contribution in [2.75, 3.05) is 33.9 Å². The molecule has 0 aromatic heterocycles. The third-order valence-corrected chi connectivity index (χ3v) is 6.04. The summed E-state index contributed by atoms with van der Waals surface area (Å²) < 4.78 is 50.4. The van der Waals surface area contributed by atoms with Crippen LogP contribution in [0.15, 0.2) is 60.7 Å². The van der Waals surface area contributed by atoms with E-state index in [2.05, 4.69) is 4.90 Å². The highest BCUT2D eigenvalue weighted by molar-refractivity contribution is 5.91. The zero-order chi connectivity index (χ0) is 23.6. The molecule has 33 heavy (non-hydrogen) atoms. The zero-order valence-electron chi connectivity index (χ0n) is 18.5. The molecule has 1 unspecified atom stereocenters. The smallest absolute Gasteiger partial charge is 0.416 e. The maximum absolute atomic E-state index is 13.0. The minimum atomic E-state index is -4.36. The van der Waals surface area contributed by atoms with Gasteiger partial charge < -0.3 is 14.6 Å². The molecule has 1 N–H and O–H groups in total. The predicted octanol–water partition coefficient (Wildman–Crippen LogP) is 5.70. The number of rotatable bonds is 6. The van der Waals surface area contributed by atoms with Gasteiger partial charge in [0.25, 0.3) is 0 Å². The summed E-state index contributed by atoms with van der Waals surface area (Å²) in [5, 5.41) is 13.0. The molecule has 174 valence electrons. The third-order valence-electron chi connectivity index (χ3n) is 6.04. The van der Waals surface area contributed by atoms with Crippen molar-refractivity contribution in [2.24, 2.45) is 0 Å². The average molecular weight is 457 g/mol. The van der Waals surface area contributed by atoms with Crippen LogP contribution in [0.2, 0.25) is 0 Å². The summed E-state index contributed by atoms with van der Waals surface area (Å²) in [5.41, 5.74) is 1.41. The molecule has 1 heterocycles. The molecule has 0 aliphatic carbocycles. The van der Waals surface area contributed by atoms with Crippen LogP contribution < -0.4 is 9.47 Å². The van der Waals surface area contributed by atoms with Gasteiger partial charge in [-0.15, -0.1) is 0 Å². The van der Waals surface area contributed by atoms with Gasteiger partial charge in [-0.3, -0.25) is 4.90 Å². The van der Waals surface area contributed by atoms with E-state index in [4.69, 9.17) is 9.47 Å². The number of alkyl halides is 3. The van der Waals surface area contributed by atoms with Gasteiger partial charge in [0.2, 0.25) is 0 Å². The molecule has 4 nitrogen and oxygen atoms in total. The Morgan fingerprint density at radius 3 is 2.48 bits per heavy atom. The van der Waals surface area contributed by atoms with Crippen molar-refractivity contribution >= 4 is 16.3 Å². The van der Waals surface area contributed by atoms with Crippen molar-refractivity contribution in [3.63, 3.8) is 0 Å². The van der Waals surface area contributed by atoms with E-state index in [1.165, 1.54) is 12.1 Å². The molecule has 0 saturated heterocycles. The number of hydrogen-bond donors (Lipinski definition) is 1. The topological polar surface area (TPSA) is 41.9 Å². The molecule has 7 heteroatoms. The van der Waals surface area contributed by atoms with Crippen LogP contribution in [0.1, 0.15) is 29.2 Å². The molecule has 1 atom stereocenters. The van der Waals surface area contributed by atoms with E-state index in [-0.39, 0.29) is 0 Å². The van der Waals surface area contributed by atoms with Gasteiger partial charge in [0, 0.05) is 25.0 Å². The van der Waals surface area contributed by atoms with Crippen molar-refractivity contribution in [3.05, 3.63) is 77.4 Å². The maximum atomic E-state index is 13.0. The van der Waals surface area contributed by atoms with Crippen LogP contribution in [-0.4, -0.2) is 43.9 Å². The number of aliphatic hydroxyl groups excluding tert-OH is 1.